The van der Waals surface area contributed by atoms with Crippen molar-refractivity contribution in [2.75, 3.05) is 13.1 Å². The van der Waals surface area contributed by atoms with Crippen LogP contribution in [0.15, 0.2) is 30.6 Å². The second-order valence-corrected chi connectivity index (χ2v) is 6.19. The molecule has 2 aromatic rings. The highest BCUT2D eigenvalue weighted by molar-refractivity contribution is 6.30. The first kappa shape index (κ1) is 16.0. The Hall–Kier alpha value is -1.92. The fraction of sp³-hybridized carbons (Fsp3) is 0.375. The van der Waals surface area contributed by atoms with E-state index in [1.54, 1.807) is 16.9 Å². The Balaban J connectivity index is 1.64. The van der Waals surface area contributed by atoms with Crippen molar-refractivity contribution < 1.29 is 9.18 Å². The van der Waals surface area contributed by atoms with Crippen LogP contribution in [0.1, 0.15) is 17.0 Å². The number of hydrogen-bond donors (Lipinski definition) is 2. The molecule has 1 saturated heterocycles. The van der Waals surface area contributed by atoms with Gasteiger partial charge in [-0.1, -0.05) is 17.7 Å². The van der Waals surface area contributed by atoms with Crippen molar-refractivity contribution in [3.8, 4) is 0 Å². The average molecular weight is 337 g/mol. The van der Waals surface area contributed by atoms with E-state index in [2.05, 4.69) is 15.7 Å². The van der Waals surface area contributed by atoms with Crippen LogP contribution in [0.25, 0.3) is 0 Å². The Morgan fingerprint density at radius 2 is 2.35 bits per heavy atom. The van der Waals surface area contributed by atoms with Crippen molar-refractivity contribution in [2.24, 2.45) is 13.0 Å². The summed E-state index contributed by atoms with van der Waals surface area (Å²) in [6, 6.07) is 4.45. The summed E-state index contributed by atoms with van der Waals surface area (Å²) in [5.74, 6) is -0.515. The SMILES string of the molecule is Cn1cc([C@H]2CNC[C@@H]2C(=O)NCc2ccc(F)c(Cl)c2)cn1. The quantitative estimate of drug-likeness (QED) is 0.895. The minimum atomic E-state index is -0.460. The molecule has 2 atom stereocenters. The molecule has 1 aromatic heterocycles. The molecule has 1 aliphatic rings. The third-order valence-electron chi connectivity index (χ3n) is 4.15. The van der Waals surface area contributed by atoms with Gasteiger partial charge in [0.05, 0.1) is 17.1 Å². The third-order valence-corrected chi connectivity index (χ3v) is 4.44. The highest BCUT2D eigenvalue weighted by Crippen LogP contribution is 2.28. The molecule has 0 aliphatic carbocycles. The number of carbonyl (C=O) groups is 1. The topological polar surface area (TPSA) is 59.0 Å². The van der Waals surface area contributed by atoms with Crippen molar-refractivity contribution in [1.82, 2.24) is 20.4 Å². The normalized spacial score (nSPS) is 20.7. The number of aromatic nitrogens is 2. The van der Waals surface area contributed by atoms with E-state index in [9.17, 15) is 9.18 Å². The van der Waals surface area contributed by atoms with Gasteiger partial charge in [0.25, 0.3) is 0 Å². The molecule has 122 valence electrons. The average Bonchev–Trinajstić information content (AvgIpc) is 3.16. The lowest BCUT2D eigenvalue weighted by atomic mass is 9.90. The van der Waals surface area contributed by atoms with Gasteiger partial charge in [-0.2, -0.15) is 5.10 Å². The maximum absolute atomic E-state index is 13.1. The lowest BCUT2D eigenvalue weighted by Gasteiger charge is -2.17. The number of amides is 1. The number of hydrogen-bond acceptors (Lipinski definition) is 3. The van der Waals surface area contributed by atoms with Crippen LogP contribution in [-0.4, -0.2) is 28.8 Å². The first-order chi connectivity index (χ1) is 11.0. The Morgan fingerprint density at radius 1 is 1.52 bits per heavy atom. The van der Waals surface area contributed by atoms with Gasteiger partial charge in [0.1, 0.15) is 5.82 Å². The summed E-state index contributed by atoms with van der Waals surface area (Å²) in [6.45, 7) is 1.72. The van der Waals surface area contributed by atoms with Crippen molar-refractivity contribution in [3.63, 3.8) is 0 Å². The predicted octanol–water partition coefficient (Wildman–Crippen LogP) is 1.83. The summed E-state index contributed by atoms with van der Waals surface area (Å²) in [6.07, 6.45) is 3.75. The van der Waals surface area contributed by atoms with Crippen molar-refractivity contribution in [2.45, 2.75) is 12.5 Å². The molecule has 0 radical (unpaired) electrons. The zero-order valence-corrected chi connectivity index (χ0v) is 13.5. The minimum absolute atomic E-state index is 0.0238. The van der Waals surface area contributed by atoms with Crippen LogP contribution in [0, 0.1) is 11.7 Å². The fourth-order valence-electron chi connectivity index (χ4n) is 2.91. The second kappa shape index (κ2) is 6.68. The molecule has 0 saturated carbocycles. The Labute approximate surface area is 138 Å². The zero-order valence-electron chi connectivity index (χ0n) is 12.7. The van der Waals surface area contributed by atoms with Gasteiger partial charge < -0.3 is 10.6 Å². The molecule has 23 heavy (non-hydrogen) atoms. The summed E-state index contributed by atoms with van der Waals surface area (Å²) in [5.41, 5.74) is 1.83. The summed E-state index contributed by atoms with van der Waals surface area (Å²) in [5, 5.41) is 10.4. The van der Waals surface area contributed by atoms with Crippen LogP contribution in [0.2, 0.25) is 5.02 Å². The smallest absolute Gasteiger partial charge is 0.225 e. The van der Waals surface area contributed by atoms with Crippen molar-refractivity contribution in [1.29, 1.82) is 0 Å². The third kappa shape index (κ3) is 3.54. The molecular weight excluding hydrogens is 319 g/mol. The molecule has 0 unspecified atom stereocenters. The van der Waals surface area contributed by atoms with Crippen LogP contribution in [0.5, 0.6) is 0 Å². The largest absolute Gasteiger partial charge is 0.352 e. The standard InChI is InChI=1S/C16H18ClFN4O/c1-22-9-11(6-21-22)12-7-19-8-13(12)16(23)20-5-10-2-3-15(18)14(17)4-10/h2-4,6,9,12-13,19H,5,7-8H2,1H3,(H,20,23)/t12-,13+/m1/s1. The van der Waals surface area contributed by atoms with E-state index in [0.29, 0.717) is 13.1 Å². The van der Waals surface area contributed by atoms with E-state index < -0.39 is 5.82 Å². The van der Waals surface area contributed by atoms with Gasteiger partial charge in [0, 0.05) is 38.8 Å². The van der Waals surface area contributed by atoms with Gasteiger partial charge >= 0.3 is 0 Å². The summed E-state index contributed by atoms with van der Waals surface area (Å²) < 4.78 is 14.9. The van der Waals surface area contributed by atoms with Gasteiger partial charge in [-0.15, -0.1) is 0 Å². The molecule has 1 amide bonds. The maximum Gasteiger partial charge on any atom is 0.225 e. The van der Waals surface area contributed by atoms with Gasteiger partial charge in [-0.05, 0) is 23.3 Å². The molecule has 0 spiro atoms. The van der Waals surface area contributed by atoms with E-state index in [1.165, 1.54) is 12.1 Å². The molecule has 7 heteroatoms. The number of carbonyl (C=O) groups excluding carboxylic acids is 1. The number of nitrogens with zero attached hydrogens (tertiary/aromatic N) is 2. The molecule has 2 N–H and O–H groups in total. The lowest BCUT2D eigenvalue weighted by Crippen LogP contribution is -2.33. The molecule has 0 bridgehead atoms. The van der Waals surface area contributed by atoms with Crippen LogP contribution in [-0.2, 0) is 18.4 Å². The van der Waals surface area contributed by atoms with E-state index in [4.69, 9.17) is 11.6 Å². The monoisotopic (exact) mass is 336 g/mol. The number of nitrogens with one attached hydrogen (secondary N) is 2. The molecule has 1 fully saturated rings. The summed E-state index contributed by atoms with van der Waals surface area (Å²) in [4.78, 5) is 12.5. The first-order valence-corrected chi connectivity index (χ1v) is 7.83. The predicted molar refractivity (Wildman–Crippen MR) is 85.6 cm³/mol. The van der Waals surface area contributed by atoms with Gasteiger partial charge in [0.2, 0.25) is 5.91 Å². The van der Waals surface area contributed by atoms with Crippen molar-refractivity contribution >= 4 is 17.5 Å². The maximum atomic E-state index is 13.1. The Morgan fingerprint density at radius 3 is 3.04 bits per heavy atom. The second-order valence-electron chi connectivity index (χ2n) is 5.78. The Kier molecular flexibility index (Phi) is 4.63. The molecular formula is C16H18ClFN4O. The van der Waals surface area contributed by atoms with E-state index >= 15 is 0 Å². The molecule has 1 aromatic carbocycles. The van der Waals surface area contributed by atoms with E-state index in [0.717, 1.165) is 17.7 Å². The highest BCUT2D eigenvalue weighted by atomic mass is 35.5. The van der Waals surface area contributed by atoms with E-state index in [-0.39, 0.29) is 22.8 Å². The number of benzene rings is 1. The summed E-state index contributed by atoms with van der Waals surface area (Å²) >= 11 is 5.75. The minimum Gasteiger partial charge on any atom is -0.352 e. The lowest BCUT2D eigenvalue weighted by molar-refractivity contribution is -0.125. The molecule has 1 aliphatic heterocycles. The number of halogens is 2. The first-order valence-electron chi connectivity index (χ1n) is 7.45. The molecule has 5 nitrogen and oxygen atoms in total. The van der Waals surface area contributed by atoms with Crippen LogP contribution < -0.4 is 10.6 Å². The fourth-order valence-corrected chi connectivity index (χ4v) is 3.11. The molecule has 2 heterocycles. The van der Waals surface area contributed by atoms with Gasteiger partial charge in [-0.3, -0.25) is 9.48 Å². The Bertz CT molecular complexity index is 718. The van der Waals surface area contributed by atoms with E-state index in [1.807, 2.05) is 13.2 Å². The molecule has 3 rings (SSSR count). The van der Waals surface area contributed by atoms with Crippen LogP contribution in [0.4, 0.5) is 4.39 Å². The number of aryl methyl sites for hydroxylation is 1. The highest BCUT2D eigenvalue weighted by Gasteiger charge is 2.34. The van der Waals surface area contributed by atoms with Gasteiger partial charge in [-0.25, -0.2) is 4.39 Å². The van der Waals surface area contributed by atoms with Crippen LogP contribution >= 0.6 is 11.6 Å². The van der Waals surface area contributed by atoms with Crippen molar-refractivity contribution in [3.05, 3.63) is 52.6 Å². The summed E-state index contributed by atoms with van der Waals surface area (Å²) in [7, 11) is 1.86. The van der Waals surface area contributed by atoms with Gasteiger partial charge in [0.15, 0.2) is 0 Å². The zero-order chi connectivity index (χ0) is 16.4. The number of rotatable bonds is 4. The van der Waals surface area contributed by atoms with Crippen LogP contribution in [0.3, 0.4) is 0 Å².